The Morgan fingerprint density at radius 2 is 1.79 bits per heavy atom. The van der Waals surface area contributed by atoms with Crippen LogP contribution in [0.15, 0.2) is 60.0 Å². The van der Waals surface area contributed by atoms with Crippen LogP contribution < -0.4 is 4.74 Å². The maximum Gasteiger partial charge on any atom is 0.264 e. The maximum atomic E-state index is 12.9. The molecule has 3 aromatic rings. The van der Waals surface area contributed by atoms with Gasteiger partial charge in [0.25, 0.3) is 5.91 Å². The van der Waals surface area contributed by atoms with Crippen LogP contribution in [0.4, 0.5) is 0 Å². The van der Waals surface area contributed by atoms with Crippen LogP contribution in [0.25, 0.3) is 0 Å². The third-order valence-corrected chi connectivity index (χ3v) is 7.18. The smallest absolute Gasteiger partial charge is 0.264 e. The molecule has 0 radical (unpaired) electrons. The first-order valence-electron chi connectivity index (χ1n) is 11.4. The van der Waals surface area contributed by atoms with Gasteiger partial charge in [0.1, 0.15) is 5.75 Å². The summed E-state index contributed by atoms with van der Waals surface area (Å²) in [7, 11) is 1.69. The molecule has 1 fully saturated rings. The molecule has 2 heterocycles. The highest BCUT2D eigenvalue weighted by molar-refractivity contribution is 7.12. The predicted octanol–water partition coefficient (Wildman–Crippen LogP) is 5.09. The lowest BCUT2D eigenvalue weighted by atomic mass is 10.1. The molecule has 0 N–H and O–H groups in total. The summed E-state index contributed by atoms with van der Waals surface area (Å²) in [5, 5.41) is 1.99. The monoisotopic (exact) mass is 464 g/mol. The van der Waals surface area contributed by atoms with Gasteiger partial charge in [-0.15, -0.1) is 11.3 Å². The third kappa shape index (κ3) is 6.02. The number of ether oxygens (including phenoxy) is 2. The molecular weight excluding hydrogens is 432 g/mol. The number of piperazine rings is 1. The number of carbonyl (C=O) groups excluding carboxylic acids is 1. The second kappa shape index (κ2) is 11.0. The number of thiophene rings is 1. The molecule has 33 heavy (non-hydrogen) atoms. The molecule has 6 heteroatoms. The zero-order chi connectivity index (χ0) is 23.2. The lowest BCUT2D eigenvalue weighted by Gasteiger charge is -2.36. The molecule has 1 amide bonds. The summed E-state index contributed by atoms with van der Waals surface area (Å²) in [6, 6.07) is 18.6. The third-order valence-electron chi connectivity index (χ3n) is 6.18. The molecule has 0 saturated carbocycles. The minimum atomic E-state index is -0.0804. The van der Waals surface area contributed by atoms with E-state index in [1.807, 2.05) is 35.4 Å². The number of hydrogen-bond acceptors (Lipinski definition) is 5. The van der Waals surface area contributed by atoms with E-state index in [1.165, 1.54) is 16.9 Å². The summed E-state index contributed by atoms with van der Waals surface area (Å²) < 4.78 is 11.9. The fourth-order valence-electron chi connectivity index (χ4n) is 4.08. The Balaban J connectivity index is 1.41. The summed E-state index contributed by atoms with van der Waals surface area (Å²) in [6.45, 7) is 8.57. The molecule has 1 aromatic heterocycles. The van der Waals surface area contributed by atoms with Crippen molar-refractivity contribution in [1.29, 1.82) is 0 Å². The van der Waals surface area contributed by atoms with Crippen LogP contribution in [0, 0.1) is 13.8 Å². The van der Waals surface area contributed by atoms with Crippen molar-refractivity contribution in [2.45, 2.75) is 26.6 Å². The van der Waals surface area contributed by atoms with Crippen LogP contribution in [-0.2, 0) is 11.3 Å². The largest absolute Gasteiger partial charge is 0.497 e. The summed E-state index contributed by atoms with van der Waals surface area (Å²) in [6.07, 6.45) is -0.0804. The van der Waals surface area contributed by atoms with Crippen LogP contribution in [-0.4, -0.2) is 55.5 Å². The van der Waals surface area contributed by atoms with Gasteiger partial charge in [0.2, 0.25) is 0 Å². The van der Waals surface area contributed by atoms with Crippen molar-refractivity contribution in [3.63, 3.8) is 0 Å². The minimum absolute atomic E-state index is 0.0804. The Bertz CT molecular complexity index is 1060. The van der Waals surface area contributed by atoms with Crippen LogP contribution in [0.1, 0.15) is 38.0 Å². The lowest BCUT2D eigenvalue weighted by Crippen LogP contribution is -2.49. The molecule has 2 aromatic carbocycles. The van der Waals surface area contributed by atoms with Gasteiger partial charge in [-0.25, -0.2) is 0 Å². The first kappa shape index (κ1) is 23.5. The van der Waals surface area contributed by atoms with Crippen LogP contribution >= 0.6 is 11.3 Å². The average molecular weight is 465 g/mol. The van der Waals surface area contributed by atoms with E-state index >= 15 is 0 Å². The molecule has 1 atom stereocenters. The fraction of sp³-hybridized carbons (Fsp3) is 0.370. The number of nitrogens with zero attached hydrogens (tertiary/aromatic N) is 2. The Morgan fingerprint density at radius 1 is 1.03 bits per heavy atom. The van der Waals surface area contributed by atoms with Crippen molar-refractivity contribution >= 4 is 17.2 Å². The van der Waals surface area contributed by atoms with Crippen molar-refractivity contribution in [2.24, 2.45) is 0 Å². The Labute approximate surface area is 200 Å². The Morgan fingerprint density at radius 3 is 2.45 bits per heavy atom. The quantitative estimate of drug-likeness (QED) is 0.466. The number of methoxy groups -OCH3 is 1. The van der Waals surface area contributed by atoms with Gasteiger partial charge in [-0.3, -0.25) is 9.69 Å². The van der Waals surface area contributed by atoms with E-state index in [4.69, 9.17) is 9.47 Å². The summed E-state index contributed by atoms with van der Waals surface area (Å²) in [4.78, 5) is 18.1. The van der Waals surface area contributed by atoms with Crippen LogP contribution in [0.2, 0.25) is 0 Å². The molecule has 1 saturated heterocycles. The SMILES string of the molecule is COc1cccc([C@@H](CN2CCN(C(=O)c3sccc3C)CC2)OCc2ccc(C)cc2)c1. The van der Waals surface area contributed by atoms with Crippen LogP contribution in [0.3, 0.4) is 0 Å². The number of carbonyl (C=O) groups is 1. The van der Waals surface area contributed by atoms with Crippen molar-refractivity contribution in [1.82, 2.24) is 9.80 Å². The Kier molecular flexibility index (Phi) is 7.81. The van der Waals surface area contributed by atoms with Gasteiger partial charge >= 0.3 is 0 Å². The molecular formula is C27H32N2O3S. The summed E-state index contributed by atoms with van der Waals surface area (Å²) >= 11 is 1.53. The first-order chi connectivity index (χ1) is 16.0. The van der Waals surface area contributed by atoms with Gasteiger partial charge in [-0.1, -0.05) is 42.0 Å². The van der Waals surface area contributed by atoms with Crippen LogP contribution in [0.5, 0.6) is 5.75 Å². The van der Waals surface area contributed by atoms with Crippen molar-refractivity contribution < 1.29 is 14.3 Å². The normalized spacial score (nSPS) is 15.4. The number of hydrogen-bond donors (Lipinski definition) is 0. The van der Waals surface area contributed by atoms with Gasteiger partial charge in [-0.05, 0) is 54.1 Å². The second-order valence-electron chi connectivity index (χ2n) is 8.59. The molecule has 1 aliphatic rings. The number of amides is 1. The highest BCUT2D eigenvalue weighted by Crippen LogP contribution is 2.26. The molecule has 4 rings (SSSR count). The number of aryl methyl sites for hydroxylation is 2. The minimum Gasteiger partial charge on any atom is -0.497 e. The van der Waals surface area contributed by atoms with E-state index in [1.54, 1.807) is 7.11 Å². The van der Waals surface area contributed by atoms with E-state index in [0.717, 1.165) is 60.0 Å². The highest BCUT2D eigenvalue weighted by atomic mass is 32.1. The summed E-state index contributed by atoms with van der Waals surface area (Å²) in [5.41, 5.74) is 4.58. The fourth-order valence-corrected chi connectivity index (χ4v) is 4.97. The van der Waals surface area contributed by atoms with E-state index < -0.39 is 0 Å². The molecule has 1 aliphatic heterocycles. The predicted molar refractivity (Wildman–Crippen MR) is 133 cm³/mol. The number of rotatable bonds is 8. The number of benzene rings is 2. The average Bonchev–Trinajstić information content (AvgIpc) is 3.28. The van der Waals surface area contributed by atoms with E-state index in [9.17, 15) is 4.79 Å². The molecule has 0 spiro atoms. The van der Waals surface area contributed by atoms with Crippen molar-refractivity contribution in [3.05, 3.63) is 87.1 Å². The van der Waals surface area contributed by atoms with Gasteiger partial charge in [0, 0.05) is 32.7 Å². The summed E-state index contributed by atoms with van der Waals surface area (Å²) in [5.74, 6) is 0.986. The topological polar surface area (TPSA) is 42.0 Å². The second-order valence-corrected chi connectivity index (χ2v) is 9.50. The van der Waals surface area contributed by atoms with Gasteiger partial charge in [0.15, 0.2) is 0 Å². The van der Waals surface area contributed by atoms with E-state index in [0.29, 0.717) is 6.61 Å². The molecule has 174 valence electrons. The zero-order valence-electron chi connectivity index (χ0n) is 19.6. The van der Waals surface area contributed by atoms with E-state index in [2.05, 4.69) is 48.2 Å². The molecule has 0 aliphatic carbocycles. The molecule has 5 nitrogen and oxygen atoms in total. The molecule has 0 bridgehead atoms. The highest BCUT2D eigenvalue weighted by Gasteiger charge is 2.26. The van der Waals surface area contributed by atoms with Gasteiger partial charge in [-0.2, -0.15) is 0 Å². The van der Waals surface area contributed by atoms with Gasteiger partial charge < -0.3 is 14.4 Å². The zero-order valence-corrected chi connectivity index (χ0v) is 20.4. The standard InChI is InChI=1S/C27H32N2O3S/c1-20-7-9-22(10-8-20)19-32-25(23-5-4-6-24(17-23)31-3)18-28-12-14-29(15-13-28)27(30)26-21(2)11-16-33-26/h4-11,16-17,25H,12-15,18-19H2,1-3H3/t25-/m1/s1. The van der Waals surface area contributed by atoms with Crippen molar-refractivity contribution in [3.8, 4) is 5.75 Å². The van der Waals surface area contributed by atoms with E-state index in [-0.39, 0.29) is 12.0 Å². The maximum absolute atomic E-state index is 12.9. The Hall–Kier alpha value is -2.67. The lowest BCUT2D eigenvalue weighted by molar-refractivity contribution is 0.00338. The van der Waals surface area contributed by atoms with Gasteiger partial charge in [0.05, 0.1) is 24.7 Å². The van der Waals surface area contributed by atoms with Crippen molar-refractivity contribution in [2.75, 3.05) is 39.8 Å². The molecule has 0 unspecified atom stereocenters. The first-order valence-corrected chi connectivity index (χ1v) is 12.3.